The first-order valence-corrected chi connectivity index (χ1v) is 9.74. The highest BCUT2D eigenvalue weighted by molar-refractivity contribution is 5.87. The molecule has 1 aromatic heterocycles. The van der Waals surface area contributed by atoms with Crippen LogP contribution in [-0.2, 0) is 16.0 Å². The van der Waals surface area contributed by atoms with Crippen molar-refractivity contribution in [3.8, 4) is 0 Å². The Kier molecular flexibility index (Phi) is 5.23. The maximum atomic E-state index is 14.3. The standard InChI is InChI=1S/C21H25FN4O3/c1-13-8-23-25-19(14(13)2)26-11-21(12-26,7-15-5-3-4-6-16(15)22)20(28)24-17-9-29-10-18(17)27/h3-6,8,17-18,27H,7,9-12H2,1-2H3,(H,24,28)/t17-,18+/m0/s1. The van der Waals surface area contributed by atoms with Gasteiger partial charge in [0.1, 0.15) is 5.82 Å². The number of aliphatic hydroxyl groups excluding tert-OH is 1. The molecular weight excluding hydrogens is 375 g/mol. The zero-order valence-electron chi connectivity index (χ0n) is 16.6. The molecule has 29 heavy (non-hydrogen) atoms. The monoisotopic (exact) mass is 400 g/mol. The normalized spacial score (nSPS) is 23.0. The second-order valence-electron chi connectivity index (χ2n) is 8.07. The fourth-order valence-corrected chi connectivity index (χ4v) is 4.00. The third kappa shape index (κ3) is 3.70. The maximum Gasteiger partial charge on any atom is 0.230 e. The Bertz CT molecular complexity index is 917. The molecule has 4 rings (SSSR count). The van der Waals surface area contributed by atoms with E-state index in [1.54, 1.807) is 24.4 Å². The zero-order chi connectivity index (χ0) is 20.6. The summed E-state index contributed by atoms with van der Waals surface area (Å²) in [5.41, 5.74) is 1.72. The summed E-state index contributed by atoms with van der Waals surface area (Å²) in [4.78, 5) is 15.2. The SMILES string of the molecule is Cc1cnnc(N2CC(Cc3ccccc3F)(C(=O)N[C@H]3COC[C@H]3O)C2)c1C. The Balaban J connectivity index is 1.58. The number of nitrogens with zero attached hydrogens (tertiary/aromatic N) is 3. The summed E-state index contributed by atoms with van der Waals surface area (Å²) in [6.45, 7) is 5.21. The predicted octanol–water partition coefficient (Wildman–Crippen LogP) is 1.16. The van der Waals surface area contributed by atoms with Crippen molar-refractivity contribution >= 4 is 11.7 Å². The first-order valence-electron chi connectivity index (χ1n) is 9.74. The first-order chi connectivity index (χ1) is 13.9. The molecule has 3 heterocycles. The lowest BCUT2D eigenvalue weighted by molar-refractivity contribution is -0.134. The van der Waals surface area contributed by atoms with Crippen LogP contribution in [0.2, 0.25) is 0 Å². The van der Waals surface area contributed by atoms with E-state index >= 15 is 0 Å². The van der Waals surface area contributed by atoms with Gasteiger partial charge in [-0.25, -0.2) is 4.39 Å². The summed E-state index contributed by atoms with van der Waals surface area (Å²) < 4.78 is 19.6. The number of nitrogens with one attached hydrogen (secondary N) is 1. The maximum absolute atomic E-state index is 14.3. The largest absolute Gasteiger partial charge is 0.388 e. The number of benzene rings is 1. The van der Waals surface area contributed by atoms with Gasteiger partial charge in [-0.1, -0.05) is 18.2 Å². The Morgan fingerprint density at radius 3 is 2.79 bits per heavy atom. The number of hydrogen-bond donors (Lipinski definition) is 2. The van der Waals surface area contributed by atoms with Gasteiger partial charge >= 0.3 is 0 Å². The van der Waals surface area contributed by atoms with Gasteiger partial charge in [0, 0.05) is 13.1 Å². The van der Waals surface area contributed by atoms with Crippen LogP contribution in [0, 0.1) is 25.1 Å². The van der Waals surface area contributed by atoms with E-state index in [1.165, 1.54) is 6.07 Å². The summed E-state index contributed by atoms with van der Waals surface area (Å²) in [5.74, 6) is 0.213. The molecule has 154 valence electrons. The quantitative estimate of drug-likeness (QED) is 0.783. The zero-order valence-corrected chi connectivity index (χ0v) is 16.6. The summed E-state index contributed by atoms with van der Waals surface area (Å²) >= 11 is 0. The minimum Gasteiger partial charge on any atom is -0.388 e. The number of halogens is 1. The number of carbonyl (C=O) groups is 1. The van der Waals surface area contributed by atoms with Crippen LogP contribution < -0.4 is 10.2 Å². The minimum atomic E-state index is -0.817. The molecule has 2 atom stereocenters. The van der Waals surface area contributed by atoms with Gasteiger partial charge in [-0.3, -0.25) is 4.79 Å². The van der Waals surface area contributed by atoms with E-state index in [-0.39, 0.29) is 31.4 Å². The van der Waals surface area contributed by atoms with Crippen molar-refractivity contribution in [2.45, 2.75) is 32.4 Å². The molecule has 2 fully saturated rings. The van der Waals surface area contributed by atoms with Gasteiger partial charge in [-0.05, 0) is 43.0 Å². The van der Waals surface area contributed by atoms with Gasteiger partial charge in [0.15, 0.2) is 5.82 Å². The lowest BCUT2D eigenvalue weighted by Crippen LogP contribution is -2.66. The lowest BCUT2D eigenvalue weighted by Gasteiger charge is -2.50. The number of ether oxygens (including phenoxy) is 1. The van der Waals surface area contributed by atoms with Crippen molar-refractivity contribution in [1.82, 2.24) is 15.5 Å². The highest BCUT2D eigenvalue weighted by atomic mass is 19.1. The molecule has 0 saturated carbocycles. The van der Waals surface area contributed by atoms with Crippen LogP contribution in [0.15, 0.2) is 30.5 Å². The molecule has 0 bridgehead atoms. The topological polar surface area (TPSA) is 87.6 Å². The van der Waals surface area contributed by atoms with Crippen LogP contribution in [0.1, 0.15) is 16.7 Å². The van der Waals surface area contributed by atoms with Crippen LogP contribution in [0.5, 0.6) is 0 Å². The second-order valence-corrected chi connectivity index (χ2v) is 8.07. The van der Waals surface area contributed by atoms with Gasteiger partial charge in [0.2, 0.25) is 5.91 Å². The second kappa shape index (κ2) is 7.68. The van der Waals surface area contributed by atoms with Crippen LogP contribution in [0.4, 0.5) is 10.2 Å². The van der Waals surface area contributed by atoms with Crippen LogP contribution in [0.25, 0.3) is 0 Å². The van der Waals surface area contributed by atoms with Gasteiger partial charge < -0.3 is 20.1 Å². The van der Waals surface area contributed by atoms with E-state index in [9.17, 15) is 14.3 Å². The lowest BCUT2D eigenvalue weighted by atomic mass is 9.73. The molecular formula is C21H25FN4O3. The van der Waals surface area contributed by atoms with E-state index in [2.05, 4.69) is 15.5 Å². The number of aliphatic hydroxyl groups is 1. The third-order valence-electron chi connectivity index (χ3n) is 5.95. The van der Waals surface area contributed by atoms with E-state index in [1.807, 2.05) is 18.7 Å². The van der Waals surface area contributed by atoms with Gasteiger partial charge in [0.05, 0.1) is 37.0 Å². The van der Waals surface area contributed by atoms with E-state index in [4.69, 9.17) is 4.74 Å². The number of aryl methyl sites for hydroxylation is 1. The number of anilines is 1. The Morgan fingerprint density at radius 2 is 2.10 bits per heavy atom. The summed E-state index contributed by atoms with van der Waals surface area (Å²) in [5, 5.41) is 21.2. The fourth-order valence-electron chi connectivity index (χ4n) is 4.00. The average molecular weight is 400 g/mol. The molecule has 0 spiro atoms. The van der Waals surface area contributed by atoms with Crippen molar-refractivity contribution in [3.05, 3.63) is 53.0 Å². The molecule has 0 aliphatic carbocycles. The first kappa shape index (κ1) is 19.7. The van der Waals surface area contributed by atoms with E-state index in [0.717, 1.165) is 16.9 Å². The number of hydrogen-bond acceptors (Lipinski definition) is 6. The molecule has 8 heteroatoms. The van der Waals surface area contributed by atoms with Crippen molar-refractivity contribution in [2.75, 3.05) is 31.2 Å². The number of carbonyl (C=O) groups excluding carboxylic acids is 1. The number of amides is 1. The van der Waals surface area contributed by atoms with Crippen molar-refractivity contribution < 1.29 is 19.0 Å². The smallest absolute Gasteiger partial charge is 0.230 e. The minimum absolute atomic E-state index is 0.204. The van der Waals surface area contributed by atoms with E-state index in [0.29, 0.717) is 18.7 Å². The van der Waals surface area contributed by atoms with Crippen molar-refractivity contribution in [3.63, 3.8) is 0 Å². The molecule has 2 aromatic rings. The highest BCUT2D eigenvalue weighted by Gasteiger charge is 2.51. The molecule has 0 unspecified atom stereocenters. The van der Waals surface area contributed by atoms with E-state index < -0.39 is 17.6 Å². The molecule has 0 radical (unpaired) electrons. The average Bonchev–Trinajstić information content (AvgIpc) is 3.06. The van der Waals surface area contributed by atoms with Gasteiger partial charge in [0.25, 0.3) is 0 Å². The summed E-state index contributed by atoms with van der Waals surface area (Å²) in [6, 6.07) is 6.07. The third-order valence-corrected chi connectivity index (χ3v) is 5.95. The summed E-state index contributed by atoms with van der Waals surface area (Å²) in [6.07, 6.45) is 1.24. The predicted molar refractivity (Wildman–Crippen MR) is 105 cm³/mol. The van der Waals surface area contributed by atoms with Crippen molar-refractivity contribution in [1.29, 1.82) is 0 Å². The Labute approximate surface area is 168 Å². The van der Waals surface area contributed by atoms with Gasteiger partial charge in [-0.15, -0.1) is 5.10 Å². The molecule has 7 nitrogen and oxygen atoms in total. The summed E-state index contributed by atoms with van der Waals surface area (Å²) in [7, 11) is 0. The highest BCUT2D eigenvalue weighted by Crippen LogP contribution is 2.39. The van der Waals surface area contributed by atoms with Gasteiger partial charge in [-0.2, -0.15) is 5.10 Å². The number of rotatable bonds is 5. The van der Waals surface area contributed by atoms with Crippen LogP contribution in [0.3, 0.4) is 0 Å². The van der Waals surface area contributed by atoms with Crippen LogP contribution in [-0.4, -0.2) is 59.7 Å². The number of aromatic nitrogens is 2. The molecule has 1 aromatic carbocycles. The Hall–Kier alpha value is -2.58. The van der Waals surface area contributed by atoms with Crippen molar-refractivity contribution in [2.24, 2.45) is 5.41 Å². The fraction of sp³-hybridized carbons (Fsp3) is 0.476. The molecule has 1 amide bonds. The molecule has 2 saturated heterocycles. The molecule has 2 N–H and O–H groups in total. The van der Waals surface area contributed by atoms with Crippen LogP contribution >= 0.6 is 0 Å². The molecule has 2 aliphatic rings. The molecule has 2 aliphatic heterocycles. The Morgan fingerprint density at radius 1 is 1.34 bits per heavy atom.